The molecule has 0 bridgehead atoms. The van der Waals surface area contributed by atoms with Gasteiger partial charge in [-0.3, -0.25) is 5.32 Å². The number of quaternary nitrogens is 1. The van der Waals surface area contributed by atoms with Crippen molar-refractivity contribution in [3.8, 4) is 0 Å². The van der Waals surface area contributed by atoms with Gasteiger partial charge in [-0.15, -0.1) is 0 Å². The summed E-state index contributed by atoms with van der Waals surface area (Å²) in [5, 5.41) is 10.9. The molecule has 0 radical (unpaired) electrons. The van der Waals surface area contributed by atoms with E-state index in [2.05, 4.69) is 10.3 Å². The largest absolute Gasteiger partial charge is 0.461 e. The zero-order valence-corrected chi connectivity index (χ0v) is 15.4. The molecule has 1 aromatic heterocycles. The quantitative estimate of drug-likeness (QED) is 0.607. The Hall–Kier alpha value is -1.46. The van der Waals surface area contributed by atoms with Gasteiger partial charge in [0, 0.05) is 0 Å². The number of esters is 1. The van der Waals surface area contributed by atoms with Gasteiger partial charge in [0.15, 0.2) is 5.69 Å². The molecule has 5 nitrogen and oxygen atoms in total. The van der Waals surface area contributed by atoms with Gasteiger partial charge in [-0.2, -0.15) is 4.98 Å². The number of carbonyl (C=O) groups excluding carboxylic acids is 1. The fraction of sp³-hybridized carbons (Fsp3) is 0.611. The average molecular weight is 353 g/mol. The van der Waals surface area contributed by atoms with Crippen LogP contribution in [-0.4, -0.2) is 29.3 Å². The molecule has 24 heavy (non-hydrogen) atoms. The minimum atomic E-state index is -0.472. The number of ether oxygens (including phenoxy) is 1. The maximum atomic E-state index is 12.0. The number of halogens is 1. The second-order valence-electron chi connectivity index (χ2n) is 6.60. The second-order valence-corrected chi connectivity index (χ2v) is 7.01. The molecular weight excluding hydrogens is 326 g/mol. The van der Waals surface area contributed by atoms with Crippen LogP contribution in [0.3, 0.4) is 0 Å². The van der Waals surface area contributed by atoms with Crippen molar-refractivity contribution >= 4 is 29.1 Å². The molecule has 0 unspecified atom stereocenters. The van der Waals surface area contributed by atoms with Crippen molar-refractivity contribution in [3.05, 3.63) is 22.3 Å². The number of carbonyl (C=O) groups is 1. The van der Waals surface area contributed by atoms with Crippen molar-refractivity contribution in [2.24, 2.45) is 5.92 Å². The molecule has 132 valence electrons. The molecule has 0 aromatic carbocycles. The number of pyridine rings is 1. The summed E-state index contributed by atoms with van der Waals surface area (Å²) in [5.41, 5.74) is 1.31. The number of nitrogens with zero attached hydrogens (tertiary/aromatic N) is 1. The maximum Gasteiger partial charge on any atom is 0.357 e. The molecule has 1 aliphatic rings. The predicted octanol–water partition coefficient (Wildman–Crippen LogP) is 3.46. The molecule has 0 amide bonds. The highest BCUT2D eigenvalue weighted by atomic mass is 35.5. The summed E-state index contributed by atoms with van der Waals surface area (Å²) in [4.78, 5) is 16.5. The highest BCUT2D eigenvalue weighted by Crippen LogP contribution is 2.26. The van der Waals surface area contributed by atoms with Gasteiger partial charge in [0.05, 0.1) is 28.9 Å². The Labute approximate surface area is 148 Å². The van der Waals surface area contributed by atoms with E-state index in [1.807, 2.05) is 13.8 Å². The fourth-order valence-electron chi connectivity index (χ4n) is 3.04. The average Bonchev–Trinajstić information content (AvgIpc) is 2.55. The first kappa shape index (κ1) is 18.9. The SMILES string of the molecule is CCOC(=O)c1cc(Cl)c(C(=N)C(C)C)c([NH2+]C2CCCCC2)n1. The van der Waals surface area contributed by atoms with Gasteiger partial charge in [0.25, 0.3) is 0 Å². The third-order valence-corrected chi connectivity index (χ3v) is 4.67. The molecule has 3 N–H and O–H groups in total. The monoisotopic (exact) mass is 352 g/mol. The van der Waals surface area contributed by atoms with E-state index in [1.165, 1.54) is 25.3 Å². The normalized spacial score (nSPS) is 15.5. The molecule has 1 saturated carbocycles. The molecular formula is C18H27ClN3O2+. The van der Waals surface area contributed by atoms with Crippen LogP contribution in [0, 0.1) is 11.3 Å². The first-order valence-corrected chi connectivity index (χ1v) is 9.13. The number of rotatable bonds is 6. The lowest BCUT2D eigenvalue weighted by molar-refractivity contribution is -0.617. The lowest BCUT2D eigenvalue weighted by atomic mass is 9.94. The predicted molar refractivity (Wildman–Crippen MR) is 95.3 cm³/mol. The van der Waals surface area contributed by atoms with E-state index in [4.69, 9.17) is 21.7 Å². The van der Waals surface area contributed by atoms with E-state index >= 15 is 0 Å². The number of nitrogens with two attached hydrogens (primary N) is 1. The van der Waals surface area contributed by atoms with Gasteiger partial charge in [-0.25, -0.2) is 4.79 Å². The smallest absolute Gasteiger partial charge is 0.357 e. The topological polar surface area (TPSA) is 79.7 Å². The van der Waals surface area contributed by atoms with E-state index < -0.39 is 5.97 Å². The Morgan fingerprint density at radius 3 is 2.67 bits per heavy atom. The molecule has 2 rings (SSSR count). The van der Waals surface area contributed by atoms with Crippen LogP contribution in [0.2, 0.25) is 5.02 Å². The summed E-state index contributed by atoms with van der Waals surface area (Å²) < 4.78 is 5.05. The Morgan fingerprint density at radius 1 is 1.42 bits per heavy atom. The van der Waals surface area contributed by atoms with E-state index in [9.17, 15) is 4.79 Å². The Bertz CT molecular complexity index is 611. The van der Waals surface area contributed by atoms with Crippen LogP contribution in [0.25, 0.3) is 0 Å². The summed E-state index contributed by atoms with van der Waals surface area (Å²) in [7, 11) is 0. The summed E-state index contributed by atoms with van der Waals surface area (Å²) >= 11 is 6.43. The molecule has 6 heteroatoms. The van der Waals surface area contributed by atoms with E-state index in [0.717, 1.165) is 12.8 Å². The molecule has 1 aliphatic carbocycles. The number of aromatic nitrogens is 1. The standard InChI is InChI=1S/C18H26ClN3O2/c1-4-24-18(23)14-10-13(19)15(16(20)11(2)3)17(22-14)21-12-8-6-5-7-9-12/h10-12,20H,4-9H2,1-3H3,(H,21,22)/p+1. The van der Waals surface area contributed by atoms with E-state index in [-0.39, 0.29) is 11.6 Å². The minimum absolute atomic E-state index is 0.0382. The molecule has 0 saturated heterocycles. The minimum Gasteiger partial charge on any atom is -0.461 e. The summed E-state index contributed by atoms with van der Waals surface area (Å²) in [6, 6.07) is 1.95. The molecule has 0 spiro atoms. The van der Waals surface area contributed by atoms with Crippen LogP contribution in [0.1, 0.15) is 68.9 Å². The Balaban J connectivity index is 2.40. The molecule has 0 atom stereocenters. The zero-order valence-electron chi connectivity index (χ0n) is 14.7. The van der Waals surface area contributed by atoms with Crippen molar-refractivity contribution in [2.45, 2.75) is 58.9 Å². The van der Waals surface area contributed by atoms with Crippen molar-refractivity contribution < 1.29 is 14.8 Å². The summed E-state index contributed by atoms with van der Waals surface area (Å²) in [6.07, 6.45) is 5.94. The summed E-state index contributed by atoms with van der Waals surface area (Å²) in [5.74, 6) is 0.215. The van der Waals surface area contributed by atoms with Crippen LogP contribution in [0.4, 0.5) is 5.82 Å². The van der Waals surface area contributed by atoms with Gasteiger partial charge < -0.3 is 10.1 Å². The van der Waals surface area contributed by atoms with Gasteiger partial charge in [0.2, 0.25) is 5.82 Å². The van der Waals surface area contributed by atoms with Crippen LogP contribution in [-0.2, 0) is 4.74 Å². The number of nitrogens with one attached hydrogen (secondary N) is 1. The van der Waals surface area contributed by atoms with Crippen LogP contribution < -0.4 is 5.32 Å². The molecule has 1 heterocycles. The van der Waals surface area contributed by atoms with Gasteiger partial charge >= 0.3 is 5.97 Å². The van der Waals surface area contributed by atoms with Crippen molar-refractivity contribution in [1.29, 1.82) is 5.41 Å². The van der Waals surface area contributed by atoms with Crippen molar-refractivity contribution in [3.63, 3.8) is 0 Å². The van der Waals surface area contributed by atoms with Gasteiger partial charge in [-0.1, -0.05) is 31.9 Å². The summed E-state index contributed by atoms with van der Waals surface area (Å²) in [6.45, 7) is 5.98. The van der Waals surface area contributed by atoms with Crippen LogP contribution in [0.5, 0.6) is 0 Å². The van der Waals surface area contributed by atoms with E-state index in [1.54, 1.807) is 6.92 Å². The highest BCUT2D eigenvalue weighted by molar-refractivity contribution is 6.35. The van der Waals surface area contributed by atoms with Crippen LogP contribution >= 0.6 is 11.6 Å². The molecule has 0 aliphatic heterocycles. The number of hydrogen-bond donors (Lipinski definition) is 2. The second kappa shape index (κ2) is 8.58. The third-order valence-electron chi connectivity index (χ3n) is 4.37. The Morgan fingerprint density at radius 2 is 2.08 bits per heavy atom. The highest BCUT2D eigenvalue weighted by Gasteiger charge is 2.26. The first-order chi connectivity index (χ1) is 11.4. The molecule has 1 fully saturated rings. The van der Waals surface area contributed by atoms with Gasteiger partial charge in [0.1, 0.15) is 0 Å². The fourth-order valence-corrected chi connectivity index (χ4v) is 3.34. The van der Waals surface area contributed by atoms with Crippen molar-refractivity contribution in [2.75, 3.05) is 6.61 Å². The lowest BCUT2D eigenvalue weighted by Crippen LogP contribution is -2.85. The van der Waals surface area contributed by atoms with E-state index in [0.29, 0.717) is 34.8 Å². The first-order valence-electron chi connectivity index (χ1n) is 8.75. The third kappa shape index (κ3) is 4.54. The maximum absolute atomic E-state index is 12.0. The zero-order chi connectivity index (χ0) is 17.7. The number of hydrogen-bond acceptors (Lipinski definition) is 4. The molecule has 1 aromatic rings. The van der Waals surface area contributed by atoms with Crippen molar-refractivity contribution in [1.82, 2.24) is 4.98 Å². The Kier molecular flexibility index (Phi) is 6.75. The lowest BCUT2D eigenvalue weighted by Gasteiger charge is -2.21. The van der Waals surface area contributed by atoms with Crippen LogP contribution in [0.15, 0.2) is 6.07 Å². The van der Waals surface area contributed by atoms with Gasteiger partial charge in [-0.05, 0) is 44.6 Å².